The van der Waals surface area contributed by atoms with E-state index >= 15 is 0 Å². The Kier molecular flexibility index (Phi) is 3.90. The van der Waals surface area contributed by atoms with Gasteiger partial charge >= 0.3 is 0 Å². The van der Waals surface area contributed by atoms with Gasteiger partial charge in [0.25, 0.3) is 0 Å². The predicted octanol–water partition coefficient (Wildman–Crippen LogP) is 1.08. The Bertz CT molecular complexity index is 608. The molecule has 104 valence electrons. The molecule has 0 saturated carbocycles. The SMILES string of the molecule is O=C(CN1CCNCC1)Nc1ccc2cnccc2c1. The lowest BCUT2D eigenvalue weighted by molar-refractivity contribution is -0.117. The number of aromatic nitrogens is 1. The lowest BCUT2D eigenvalue weighted by Gasteiger charge is -2.26. The first-order valence-electron chi connectivity index (χ1n) is 6.88. The summed E-state index contributed by atoms with van der Waals surface area (Å²) in [5.41, 5.74) is 0.837. The van der Waals surface area contributed by atoms with Crippen molar-refractivity contribution in [1.29, 1.82) is 0 Å². The molecule has 3 rings (SSSR count). The molecule has 1 amide bonds. The minimum Gasteiger partial charge on any atom is -0.325 e. The summed E-state index contributed by atoms with van der Waals surface area (Å²) in [6.07, 6.45) is 3.58. The van der Waals surface area contributed by atoms with E-state index in [4.69, 9.17) is 0 Å². The van der Waals surface area contributed by atoms with E-state index in [-0.39, 0.29) is 5.91 Å². The van der Waals surface area contributed by atoms with Crippen LogP contribution in [-0.2, 0) is 4.79 Å². The van der Waals surface area contributed by atoms with E-state index in [0.717, 1.165) is 42.6 Å². The number of carbonyl (C=O) groups excluding carboxylic acids is 1. The Morgan fingerprint density at radius 1 is 1.25 bits per heavy atom. The Labute approximate surface area is 118 Å². The zero-order chi connectivity index (χ0) is 13.8. The van der Waals surface area contributed by atoms with Crippen LogP contribution in [0, 0.1) is 0 Å². The van der Waals surface area contributed by atoms with Crippen LogP contribution in [0.4, 0.5) is 5.69 Å². The van der Waals surface area contributed by atoms with Gasteiger partial charge in [-0.1, -0.05) is 6.07 Å². The second kappa shape index (κ2) is 5.98. The largest absolute Gasteiger partial charge is 0.325 e. The highest BCUT2D eigenvalue weighted by Crippen LogP contribution is 2.17. The van der Waals surface area contributed by atoms with Gasteiger partial charge in [0, 0.05) is 49.6 Å². The van der Waals surface area contributed by atoms with Crippen molar-refractivity contribution in [2.45, 2.75) is 0 Å². The summed E-state index contributed by atoms with van der Waals surface area (Å²) in [5.74, 6) is 0.0420. The molecule has 1 aromatic carbocycles. The van der Waals surface area contributed by atoms with E-state index in [1.807, 2.05) is 30.5 Å². The van der Waals surface area contributed by atoms with Crippen LogP contribution in [0.25, 0.3) is 10.8 Å². The van der Waals surface area contributed by atoms with Crippen molar-refractivity contribution in [2.24, 2.45) is 0 Å². The van der Waals surface area contributed by atoms with Crippen LogP contribution in [0.2, 0.25) is 0 Å². The van der Waals surface area contributed by atoms with Gasteiger partial charge in [0.15, 0.2) is 0 Å². The fraction of sp³-hybridized carbons (Fsp3) is 0.333. The second-order valence-electron chi connectivity index (χ2n) is 5.01. The lowest BCUT2D eigenvalue weighted by atomic mass is 10.1. The van der Waals surface area contributed by atoms with Crippen LogP contribution >= 0.6 is 0 Å². The molecule has 1 fully saturated rings. The number of anilines is 1. The van der Waals surface area contributed by atoms with Gasteiger partial charge < -0.3 is 10.6 Å². The van der Waals surface area contributed by atoms with Crippen LogP contribution in [-0.4, -0.2) is 48.5 Å². The van der Waals surface area contributed by atoms with Crippen LogP contribution in [0.1, 0.15) is 0 Å². The first-order chi connectivity index (χ1) is 9.81. The maximum atomic E-state index is 12.0. The first kappa shape index (κ1) is 13.0. The van der Waals surface area contributed by atoms with E-state index in [1.165, 1.54) is 0 Å². The van der Waals surface area contributed by atoms with E-state index in [9.17, 15) is 4.79 Å². The molecule has 20 heavy (non-hydrogen) atoms. The molecule has 5 nitrogen and oxygen atoms in total. The number of rotatable bonds is 3. The molecule has 1 aliphatic rings. The third-order valence-electron chi connectivity index (χ3n) is 3.50. The van der Waals surface area contributed by atoms with Crippen molar-refractivity contribution in [3.05, 3.63) is 36.7 Å². The topological polar surface area (TPSA) is 57.3 Å². The highest BCUT2D eigenvalue weighted by Gasteiger charge is 2.13. The van der Waals surface area contributed by atoms with E-state index < -0.39 is 0 Å². The number of hydrogen-bond donors (Lipinski definition) is 2. The van der Waals surface area contributed by atoms with E-state index in [0.29, 0.717) is 6.54 Å². The number of carbonyl (C=O) groups is 1. The molecule has 2 aromatic rings. The number of fused-ring (bicyclic) bond motifs is 1. The molecule has 0 radical (unpaired) electrons. The summed E-state index contributed by atoms with van der Waals surface area (Å²) in [6.45, 7) is 4.22. The standard InChI is InChI=1S/C15H18N4O/c20-15(11-19-7-5-16-6-8-19)18-14-2-1-13-10-17-4-3-12(13)9-14/h1-4,9-10,16H,5-8,11H2,(H,18,20). The molecule has 1 aromatic heterocycles. The summed E-state index contributed by atoms with van der Waals surface area (Å²) in [6, 6.07) is 7.82. The number of hydrogen-bond acceptors (Lipinski definition) is 4. The van der Waals surface area contributed by atoms with Gasteiger partial charge in [-0.2, -0.15) is 0 Å². The lowest BCUT2D eigenvalue weighted by Crippen LogP contribution is -2.46. The maximum absolute atomic E-state index is 12.0. The van der Waals surface area contributed by atoms with E-state index in [1.54, 1.807) is 6.20 Å². The number of piperazine rings is 1. The fourth-order valence-corrected chi connectivity index (χ4v) is 2.43. The van der Waals surface area contributed by atoms with Gasteiger partial charge in [0.05, 0.1) is 6.54 Å². The average Bonchev–Trinajstić information content (AvgIpc) is 2.48. The number of nitrogens with zero attached hydrogens (tertiary/aromatic N) is 2. The minimum atomic E-state index is 0.0420. The highest BCUT2D eigenvalue weighted by atomic mass is 16.2. The molecule has 0 atom stereocenters. The van der Waals surface area contributed by atoms with Gasteiger partial charge in [0.2, 0.25) is 5.91 Å². The van der Waals surface area contributed by atoms with Gasteiger partial charge in [-0.05, 0) is 23.6 Å². The van der Waals surface area contributed by atoms with Gasteiger partial charge in [-0.3, -0.25) is 14.7 Å². The van der Waals surface area contributed by atoms with Crippen molar-refractivity contribution < 1.29 is 4.79 Å². The van der Waals surface area contributed by atoms with Crippen LogP contribution in [0.5, 0.6) is 0 Å². The fourth-order valence-electron chi connectivity index (χ4n) is 2.43. The quantitative estimate of drug-likeness (QED) is 0.876. The molecule has 0 spiro atoms. The third kappa shape index (κ3) is 3.12. The molecule has 0 unspecified atom stereocenters. The Hall–Kier alpha value is -1.98. The zero-order valence-electron chi connectivity index (χ0n) is 11.3. The molecule has 2 heterocycles. The monoisotopic (exact) mass is 270 g/mol. The van der Waals surface area contributed by atoms with Crippen molar-refractivity contribution in [1.82, 2.24) is 15.2 Å². The van der Waals surface area contributed by atoms with Crippen molar-refractivity contribution in [3.8, 4) is 0 Å². The highest BCUT2D eigenvalue weighted by molar-refractivity contribution is 5.95. The number of benzene rings is 1. The molecule has 0 aliphatic carbocycles. The van der Waals surface area contributed by atoms with Crippen LogP contribution < -0.4 is 10.6 Å². The van der Waals surface area contributed by atoms with Gasteiger partial charge in [-0.15, -0.1) is 0 Å². The second-order valence-corrected chi connectivity index (χ2v) is 5.01. The molecule has 5 heteroatoms. The summed E-state index contributed by atoms with van der Waals surface area (Å²) in [5, 5.41) is 8.40. The average molecular weight is 270 g/mol. The predicted molar refractivity (Wildman–Crippen MR) is 79.7 cm³/mol. The molecule has 2 N–H and O–H groups in total. The maximum Gasteiger partial charge on any atom is 0.238 e. The normalized spacial score (nSPS) is 16.2. The summed E-state index contributed by atoms with van der Waals surface area (Å²) < 4.78 is 0. The molecule has 1 aliphatic heterocycles. The van der Waals surface area contributed by atoms with Gasteiger partial charge in [-0.25, -0.2) is 0 Å². The Balaban J connectivity index is 1.64. The number of pyridine rings is 1. The summed E-state index contributed by atoms with van der Waals surface area (Å²) in [4.78, 5) is 18.3. The Morgan fingerprint density at radius 2 is 2.10 bits per heavy atom. The first-order valence-corrected chi connectivity index (χ1v) is 6.88. The van der Waals surface area contributed by atoms with Gasteiger partial charge in [0.1, 0.15) is 0 Å². The molecule has 1 saturated heterocycles. The number of amides is 1. The molecular weight excluding hydrogens is 252 g/mol. The van der Waals surface area contributed by atoms with Crippen molar-refractivity contribution in [3.63, 3.8) is 0 Å². The van der Waals surface area contributed by atoms with E-state index in [2.05, 4.69) is 20.5 Å². The van der Waals surface area contributed by atoms with Crippen LogP contribution in [0.15, 0.2) is 36.7 Å². The summed E-state index contributed by atoms with van der Waals surface area (Å²) >= 11 is 0. The minimum absolute atomic E-state index is 0.0420. The molecule has 0 bridgehead atoms. The third-order valence-corrected chi connectivity index (χ3v) is 3.50. The smallest absolute Gasteiger partial charge is 0.238 e. The van der Waals surface area contributed by atoms with Crippen molar-refractivity contribution in [2.75, 3.05) is 38.0 Å². The zero-order valence-corrected chi connectivity index (χ0v) is 11.3. The van der Waals surface area contributed by atoms with Crippen LogP contribution in [0.3, 0.4) is 0 Å². The molecular formula is C15H18N4O. The number of nitrogens with one attached hydrogen (secondary N) is 2. The van der Waals surface area contributed by atoms with Crippen molar-refractivity contribution >= 4 is 22.4 Å². The summed E-state index contributed by atoms with van der Waals surface area (Å²) in [7, 11) is 0. The Morgan fingerprint density at radius 3 is 2.95 bits per heavy atom.